The van der Waals surface area contributed by atoms with Crippen LogP contribution in [0.15, 0.2) is 4.47 Å². The summed E-state index contributed by atoms with van der Waals surface area (Å²) < 4.78 is 9.38. The van der Waals surface area contributed by atoms with Crippen LogP contribution in [-0.2, 0) is 17.7 Å². The highest BCUT2D eigenvalue weighted by Crippen LogP contribution is 2.30. The largest absolute Gasteiger partial charge is 0.374 e. The molecular formula is C16H30BrN3O. The molecule has 1 N–H and O–H groups in total. The number of nitrogens with one attached hydrogen (secondary N) is 1. The van der Waals surface area contributed by atoms with E-state index in [1.807, 2.05) is 14.0 Å². The van der Waals surface area contributed by atoms with E-state index in [0.717, 1.165) is 42.6 Å². The molecule has 0 aliphatic carbocycles. The van der Waals surface area contributed by atoms with Gasteiger partial charge >= 0.3 is 0 Å². The zero-order valence-corrected chi connectivity index (χ0v) is 15.9. The Bertz CT molecular complexity index is 441. The summed E-state index contributed by atoms with van der Waals surface area (Å²) in [6.45, 7) is 12.3. The molecule has 1 aromatic heterocycles. The maximum atomic E-state index is 6.17. The molecule has 0 aliphatic rings. The van der Waals surface area contributed by atoms with Gasteiger partial charge in [-0.25, -0.2) is 0 Å². The van der Waals surface area contributed by atoms with Gasteiger partial charge < -0.3 is 10.1 Å². The second-order valence-electron chi connectivity index (χ2n) is 5.41. The Morgan fingerprint density at radius 2 is 1.90 bits per heavy atom. The lowest BCUT2D eigenvalue weighted by Gasteiger charge is -2.39. The van der Waals surface area contributed by atoms with Crippen molar-refractivity contribution in [1.82, 2.24) is 15.1 Å². The normalized spacial score (nSPS) is 13.7. The van der Waals surface area contributed by atoms with Crippen LogP contribution in [0.3, 0.4) is 0 Å². The first-order chi connectivity index (χ1) is 9.99. The van der Waals surface area contributed by atoms with Gasteiger partial charge in [-0.3, -0.25) is 4.68 Å². The Balaban J connectivity index is 3.11. The number of aromatic nitrogens is 2. The van der Waals surface area contributed by atoms with Gasteiger partial charge in [-0.2, -0.15) is 5.10 Å². The van der Waals surface area contributed by atoms with Gasteiger partial charge in [0.05, 0.1) is 21.5 Å². The molecule has 1 atom stereocenters. The van der Waals surface area contributed by atoms with Crippen molar-refractivity contribution in [2.45, 2.75) is 72.1 Å². The molecule has 1 rings (SSSR count). The number of ether oxygens (including phenoxy) is 1. The standard InChI is InChI=1S/C16H30BrN3O/c1-7-16(8-2,21-10-4)14(18-6)11-13-15(17)12(5)19-20(13)9-3/h14,18H,7-11H2,1-6H3. The number of hydrogen-bond acceptors (Lipinski definition) is 3. The highest BCUT2D eigenvalue weighted by molar-refractivity contribution is 9.10. The van der Waals surface area contributed by atoms with Gasteiger partial charge in [-0.05, 0) is 56.6 Å². The first-order valence-corrected chi connectivity index (χ1v) is 8.81. The fourth-order valence-corrected chi connectivity index (χ4v) is 3.59. The van der Waals surface area contributed by atoms with Crippen molar-refractivity contribution in [3.05, 3.63) is 15.9 Å². The fraction of sp³-hybridized carbons (Fsp3) is 0.812. The minimum absolute atomic E-state index is 0.125. The summed E-state index contributed by atoms with van der Waals surface area (Å²) in [6.07, 6.45) is 2.91. The van der Waals surface area contributed by atoms with E-state index in [9.17, 15) is 0 Å². The number of halogens is 1. The number of rotatable bonds is 9. The molecule has 0 aliphatic heterocycles. The van der Waals surface area contributed by atoms with Gasteiger partial charge in [0.1, 0.15) is 0 Å². The minimum atomic E-state index is -0.125. The Morgan fingerprint density at radius 3 is 2.33 bits per heavy atom. The summed E-state index contributed by atoms with van der Waals surface area (Å²) in [6, 6.07) is 0.269. The van der Waals surface area contributed by atoms with Crippen LogP contribution in [-0.4, -0.2) is 35.1 Å². The fourth-order valence-electron chi connectivity index (χ4n) is 3.14. The molecule has 1 heterocycles. The lowest BCUT2D eigenvalue weighted by molar-refractivity contribution is -0.0707. The van der Waals surface area contributed by atoms with Crippen LogP contribution in [0.4, 0.5) is 0 Å². The Kier molecular flexibility index (Phi) is 7.37. The van der Waals surface area contributed by atoms with E-state index < -0.39 is 0 Å². The van der Waals surface area contributed by atoms with E-state index in [0.29, 0.717) is 0 Å². The average molecular weight is 360 g/mol. The second kappa shape index (κ2) is 8.30. The second-order valence-corrected chi connectivity index (χ2v) is 6.21. The third-order valence-corrected chi connectivity index (χ3v) is 5.49. The van der Waals surface area contributed by atoms with Crippen molar-refractivity contribution in [2.24, 2.45) is 0 Å². The van der Waals surface area contributed by atoms with Crippen LogP contribution in [0.5, 0.6) is 0 Å². The summed E-state index contributed by atoms with van der Waals surface area (Å²) >= 11 is 3.70. The van der Waals surface area contributed by atoms with Crippen molar-refractivity contribution in [3.63, 3.8) is 0 Å². The monoisotopic (exact) mass is 359 g/mol. The molecule has 0 amide bonds. The van der Waals surface area contributed by atoms with Gasteiger partial charge in [0.15, 0.2) is 0 Å². The van der Waals surface area contributed by atoms with Gasteiger partial charge in [-0.1, -0.05) is 13.8 Å². The molecule has 1 unspecified atom stereocenters. The Labute approximate surface area is 137 Å². The molecule has 0 fully saturated rings. The van der Waals surface area contributed by atoms with Crippen LogP contribution in [0.25, 0.3) is 0 Å². The number of hydrogen-bond donors (Lipinski definition) is 1. The Hall–Kier alpha value is -0.390. The predicted molar refractivity (Wildman–Crippen MR) is 91.8 cm³/mol. The summed E-state index contributed by atoms with van der Waals surface area (Å²) in [5, 5.41) is 8.08. The van der Waals surface area contributed by atoms with Gasteiger partial charge in [-0.15, -0.1) is 0 Å². The van der Waals surface area contributed by atoms with E-state index in [4.69, 9.17) is 4.74 Å². The van der Waals surface area contributed by atoms with E-state index in [1.54, 1.807) is 0 Å². The highest BCUT2D eigenvalue weighted by atomic mass is 79.9. The van der Waals surface area contributed by atoms with E-state index in [-0.39, 0.29) is 11.6 Å². The van der Waals surface area contributed by atoms with Crippen molar-refractivity contribution >= 4 is 15.9 Å². The topological polar surface area (TPSA) is 39.1 Å². The molecule has 0 aromatic carbocycles. The van der Waals surface area contributed by atoms with Crippen molar-refractivity contribution in [1.29, 1.82) is 0 Å². The SMILES string of the molecule is CCOC(CC)(CC)C(Cc1c(Br)c(C)nn1CC)NC. The molecule has 1 aromatic rings. The molecule has 21 heavy (non-hydrogen) atoms. The predicted octanol–water partition coefficient (Wildman–Crippen LogP) is 3.70. The number of aryl methyl sites for hydroxylation is 2. The molecule has 0 saturated heterocycles. The molecule has 0 bridgehead atoms. The van der Waals surface area contributed by atoms with E-state index in [1.165, 1.54) is 5.69 Å². The molecule has 0 spiro atoms. The zero-order valence-electron chi connectivity index (χ0n) is 14.3. The van der Waals surface area contributed by atoms with Crippen LogP contribution in [0, 0.1) is 6.92 Å². The summed E-state index contributed by atoms with van der Waals surface area (Å²) in [5.41, 5.74) is 2.18. The molecule has 0 saturated carbocycles. The number of likely N-dealkylation sites (N-methyl/N-ethyl adjacent to an activating group) is 1. The smallest absolute Gasteiger partial charge is 0.0833 e. The lowest BCUT2D eigenvalue weighted by atomic mass is 9.85. The quantitative estimate of drug-likeness (QED) is 0.730. The maximum Gasteiger partial charge on any atom is 0.0833 e. The third-order valence-electron chi connectivity index (χ3n) is 4.46. The highest BCUT2D eigenvalue weighted by Gasteiger charge is 2.36. The van der Waals surface area contributed by atoms with E-state index >= 15 is 0 Å². The molecule has 5 heteroatoms. The first-order valence-electron chi connectivity index (χ1n) is 8.02. The van der Waals surface area contributed by atoms with Gasteiger partial charge in [0.25, 0.3) is 0 Å². The van der Waals surface area contributed by atoms with Crippen LogP contribution >= 0.6 is 15.9 Å². The average Bonchev–Trinajstić information content (AvgIpc) is 2.77. The molecular weight excluding hydrogens is 330 g/mol. The third kappa shape index (κ3) is 3.88. The maximum absolute atomic E-state index is 6.17. The zero-order chi connectivity index (χ0) is 16.0. The summed E-state index contributed by atoms with van der Waals surface area (Å²) in [5.74, 6) is 0. The van der Waals surface area contributed by atoms with Crippen molar-refractivity contribution < 1.29 is 4.74 Å². The molecule has 0 radical (unpaired) electrons. The van der Waals surface area contributed by atoms with Crippen LogP contribution in [0.1, 0.15) is 51.9 Å². The summed E-state index contributed by atoms with van der Waals surface area (Å²) in [4.78, 5) is 0. The molecule has 122 valence electrons. The van der Waals surface area contributed by atoms with Crippen LogP contribution < -0.4 is 5.32 Å². The Morgan fingerprint density at radius 1 is 1.29 bits per heavy atom. The molecule has 4 nitrogen and oxygen atoms in total. The lowest BCUT2D eigenvalue weighted by Crippen LogP contribution is -2.52. The van der Waals surface area contributed by atoms with Crippen molar-refractivity contribution in [2.75, 3.05) is 13.7 Å². The number of nitrogens with zero attached hydrogens (tertiary/aromatic N) is 2. The van der Waals surface area contributed by atoms with E-state index in [2.05, 4.69) is 58.7 Å². The van der Waals surface area contributed by atoms with Gasteiger partial charge in [0.2, 0.25) is 0 Å². The summed E-state index contributed by atoms with van der Waals surface area (Å²) in [7, 11) is 2.02. The van der Waals surface area contributed by atoms with Crippen LogP contribution in [0.2, 0.25) is 0 Å². The minimum Gasteiger partial charge on any atom is -0.374 e. The van der Waals surface area contributed by atoms with Gasteiger partial charge in [0, 0.05) is 25.6 Å². The van der Waals surface area contributed by atoms with Crippen molar-refractivity contribution in [3.8, 4) is 0 Å². The first kappa shape index (κ1) is 18.7.